The Bertz CT molecular complexity index is 475. The number of methoxy groups -OCH3 is 1. The van der Waals surface area contributed by atoms with Crippen molar-refractivity contribution in [2.45, 2.75) is 65.8 Å². The molecule has 0 saturated heterocycles. The van der Waals surface area contributed by atoms with Gasteiger partial charge in [0.25, 0.3) is 0 Å². The van der Waals surface area contributed by atoms with Gasteiger partial charge in [0.15, 0.2) is 0 Å². The maximum atomic E-state index is 5.47. The van der Waals surface area contributed by atoms with Crippen LogP contribution in [0.15, 0.2) is 12.1 Å². The molecule has 0 bridgehead atoms. The number of hydrogen-bond acceptors (Lipinski definition) is 2. The second-order valence-electron chi connectivity index (χ2n) is 6.88. The fourth-order valence-electron chi connectivity index (χ4n) is 3.93. The zero-order chi connectivity index (χ0) is 15.5. The molecule has 2 rings (SSSR count). The molecule has 0 heterocycles. The van der Waals surface area contributed by atoms with Gasteiger partial charge in [-0.3, -0.25) is 0 Å². The van der Waals surface area contributed by atoms with Crippen LogP contribution in [0.5, 0.6) is 5.75 Å². The molecule has 1 aromatic rings. The summed E-state index contributed by atoms with van der Waals surface area (Å²) < 4.78 is 5.47. The summed E-state index contributed by atoms with van der Waals surface area (Å²) in [7, 11) is 1.76. The molecule has 0 aromatic heterocycles. The van der Waals surface area contributed by atoms with Crippen molar-refractivity contribution in [3.8, 4) is 5.75 Å². The van der Waals surface area contributed by atoms with Gasteiger partial charge in [0.05, 0.1) is 7.11 Å². The van der Waals surface area contributed by atoms with E-state index in [1.165, 1.54) is 48.8 Å². The van der Waals surface area contributed by atoms with E-state index in [1.54, 1.807) is 7.11 Å². The Hall–Kier alpha value is -1.02. The lowest BCUT2D eigenvalue weighted by Gasteiger charge is -2.42. The topological polar surface area (TPSA) is 21.3 Å². The van der Waals surface area contributed by atoms with Gasteiger partial charge < -0.3 is 10.1 Å². The molecule has 1 aromatic carbocycles. The Morgan fingerprint density at radius 3 is 2.38 bits per heavy atom. The van der Waals surface area contributed by atoms with Crippen molar-refractivity contribution < 1.29 is 4.74 Å². The van der Waals surface area contributed by atoms with Gasteiger partial charge in [-0.2, -0.15) is 0 Å². The van der Waals surface area contributed by atoms with Gasteiger partial charge >= 0.3 is 0 Å². The van der Waals surface area contributed by atoms with Crippen LogP contribution in [-0.2, 0) is 0 Å². The first kappa shape index (κ1) is 16.4. The van der Waals surface area contributed by atoms with E-state index >= 15 is 0 Å². The van der Waals surface area contributed by atoms with Crippen LogP contribution >= 0.6 is 0 Å². The molecular formula is C19H31NO. The summed E-state index contributed by atoms with van der Waals surface area (Å²) >= 11 is 0. The first-order valence-corrected chi connectivity index (χ1v) is 8.40. The lowest BCUT2D eigenvalue weighted by molar-refractivity contribution is 0.145. The number of ether oxygens (including phenoxy) is 1. The molecule has 21 heavy (non-hydrogen) atoms. The fraction of sp³-hybridized carbons (Fsp3) is 0.684. The van der Waals surface area contributed by atoms with Crippen molar-refractivity contribution >= 4 is 0 Å². The average molecular weight is 289 g/mol. The average Bonchev–Trinajstić information content (AvgIpc) is 2.47. The second-order valence-corrected chi connectivity index (χ2v) is 6.88. The van der Waals surface area contributed by atoms with Gasteiger partial charge in [0, 0.05) is 6.04 Å². The smallest absolute Gasteiger partial charge is 0.122 e. The SMILES string of the molecule is CCNC(c1cc(C)c(OC)cc1C)C1(C)CCCCC1. The molecule has 1 aliphatic carbocycles. The predicted octanol–water partition coefficient (Wildman–Crippen LogP) is 4.93. The summed E-state index contributed by atoms with van der Waals surface area (Å²) in [5.41, 5.74) is 4.41. The molecule has 1 saturated carbocycles. The number of nitrogens with one attached hydrogen (secondary N) is 1. The highest BCUT2D eigenvalue weighted by Crippen LogP contribution is 2.46. The normalized spacial score (nSPS) is 19.3. The first-order valence-electron chi connectivity index (χ1n) is 8.40. The van der Waals surface area contributed by atoms with Crippen LogP contribution in [0.25, 0.3) is 0 Å². The Balaban J connectivity index is 2.40. The minimum Gasteiger partial charge on any atom is -0.496 e. The van der Waals surface area contributed by atoms with Crippen molar-refractivity contribution in [3.05, 3.63) is 28.8 Å². The molecule has 2 heteroatoms. The van der Waals surface area contributed by atoms with Crippen LogP contribution in [0, 0.1) is 19.3 Å². The molecular weight excluding hydrogens is 258 g/mol. The highest BCUT2D eigenvalue weighted by molar-refractivity contribution is 5.43. The van der Waals surface area contributed by atoms with E-state index in [0.717, 1.165) is 12.3 Å². The fourth-order valence-corrected chi connectivity index (χ4v) is 3.93. The van der Waals surface area contributed by atoms with E-state index in [0.29, 0.717) is 11.5 Å². The standard InChI is InChI=1S/C19H31NO/c1-6-20-18(19(4)10-8-7-9-11-19)16-12-15(3)17(21-5)13-14(16)2/h12-13,18,20H,6-11H2,1-5H3. The van der Waals surface area contributed by atoms with Crippen LogP contribution in [0.1, 0.15) is 68.7 Å². The molecule has 1 unspecified atom stereocenters. The highest BCUT2D eigenvalue weighted by Gasteiger charge is 2.36. The van der Waals surface area contributed by atoms with Crippen LogP contribution in [0.3, 0.4) is 0 Å². The monoisotopic (exact) mass is 289 g/mol. The molecule has 118 valence electrons. The van der Waals surface area contributed by atoms with E-state index in [2.05, 4.69) is 45.1 Å². The van der Waals surface area contributed by atoms with Crippen LogP contribution in [-0.4, -0.2) is 13.7 Å². The highest BCUT2D eigenvalue weighted by atomic mass is 16.5. The third-order valence-corrected chi connectivity index (χ3v) is 5.20. The summed E-state index contributed by atoms with van der Waals surface area (Å²) in [6, 6.07) is 4.98. The molecule has 1 atom stereocenters. The molecule has 0 spiro atoms. The van der Waals surface area contributed by atoms with Crippen molar-refractivity contribution in [2.24, 2.45) is 5.41 Å². The van der Waals surface area contributed by atoms with Gasteiger partial charge in [-0.25, -0.2) is 0 Å². The van der Waals surface area contributed by atoms with Crippen molar-refractivity contribution in [1.29, 1.82) is 0 Å². The Labute approximate surface area is 130 Å². The van der Waals surface area contributed by atoms with E-state index < -0.39 is 0 Å². The lowest BCUT2D eigenvalue weighted by atomic mass is 9.68. The Morgan fingerprint density at radius 1 is 1.14 bits per heavy atom. The molecule has 1 aliphatic rings. The van der Waals surface area contributed by atoms with Crippen molar-refractivity contribution in [2.75, 3.05) is 13.7 Å². The summed E-state index contributed by atoms with van der Waals surface area (Å²) in [5, 5.41) is 3.77. The van der Waals surface area contributed by atoms with E-state index in [4.69, 9.17) is 4.74 Å². The van der Waals surface area contributed by atoms with Gasteiger partial charge in [0.2, 0.25) is 0 Å². The van der Waals surface area contributed by atoms with Crippen LogP contribution in [0.4, 0.5) is 0 Å². The quantitative estimate of drug-likeness (QED) is 0.829. The molecule has 1 N–H and O–H groups in total. The van der Waals surface area contributed by atoms with Gasteiger partial charge in [-0.1, -0.05) is 39.2 Å². The number of aryl methyl sites for hydroxylation is 2. The first-order chi connectivity index (χ1) is 10.0. The summed E-state index contributed by atoms with van der Waals surface area (Å²) in [4.78, 5) is 0. The lowest BCUT2D eigenvalue weighted by Crippen LogP contribution is -2.38. The van der Waals surface area contributed by atoms with Crippen LogP contribution in [0.2, 0.25) is 0 Å². The van der Waals surface area contributed by atoms with Gasteiger partial charge in [0.1, 0.15) is 5.75 Å². The molecule has 1 fully saturated rings. The third-order valence-electron chi connectivity index (χ3n) is 5.20. The van der Waals surface area contributed by atoms with E-state index in [9.17, 15) is 0 Å². The minimum atomic E-state index is 0.375. The zero-order valence-electron chi connectivity index (χ0n) is 14.4. The maximum absolute atomic E-state index is 5.47. The number of benzene rings is 1. The van der Waals surface area contributed by atoms with Gasteiger partial charge in [-0.05, 0) is 61.4 Å². The number of rotatable bonds is 5. The largest absolute Gasteiger partial charge is 0.496 e. The minimum absolute atomic E-state index is 0.375. The zero-order valence-corrected chi connectivity index (χ0v) is 14.4. The number of hydrogen-bond donors (Lipinski definition) is 1. The maximum Gasteiger partial charge on any atom is 0.122 e. The van der Waals surface area contributed by atoms with E-state index in [-0.39, 0.29) is 0 Å². The third kappa shape index (κ3) is 3.42. The van der Waals surface area contributed by atoms with Crippen molar-refractivity contribution in [1.82, 2.24) is 5.32 Å². The predicted molar refractivity (Wildman–Crippen MR) is 90.1 cm³/mol. The van der Waals surface area contributed by atoms with Crippen LogP contribution < -0.4 is 10.1 Å². The molecule has 0 aliphatic heterocycles. The Kier molecular flexibility index (Phi) is 5.32. The molecule has 0 amide bonds. The summed E-state index contributed by atoms with van der Waals surface area (Å²) in [5.74, 6) is 1.00. The Morgan fingerprint density at radius 2 is 1.81 bits per heavy atom. The molecule has 0 radical (unpaired) electrons. The summed E-state index contributed by atoms with van der Waals surface area (Å²) in [6.45, 7) is 10.1. The summed E-state index contributed by atoms with van der Waals surface area (Å²) in [6.07, 6.45) is 6.79. The van der Waals surface area contributed by atoms with E-state index in [1.807, 2.05) is 0 Å². The van der Waals surface area contributed by atoms with Crippen molar-refractivity contribution in [3.63, 3.8) is 0 Å². The second kappa shape index (κ2) is 6.83. The van der Waals surface area contributed by atoms with Gasteiger partial charge in [-0.15, -0.1) is 0 Å². The molecule has 2 nitrogen and oxygen atoms in total.